The van der Waals surface area contributed by atoms with Crippen LogP contribution in [0.25, 0.3) is 0 Å². The quantitative estimate of drug-likeness (QED) is 0.891. The molecule has 1 aromatic carbocycles. The van der Waals surface area contributed by atoms with Gasteiger partial charge in [-0.3, -0.25) is 4.90 Å². The van der Waals surface area contributed by atoms with E-state index in [0.717, 1.165) is 23.9 Å². The topological polar surface area (TPSA) is 29.3 Å². The van der Waals surface area contributed by atoms with Gasteiger partial charge in [-0.2, -0.15) is 0 Å². The first kappa shape index (κ1) is 14.8. The van der Waals surface area contributed by atoms with Gasteiger partial charge in [-0.25, -0.2) is 0 Å². The number of piperidine rings is 1. The Hall–Kier alpha value is -0.570. The molecule has 1 aliphatic heterocycles. The summed E-state index contributed by atoms with van der Waals surface area (Å²) in [5.74, 6) is 0.825. The third-order valence-electron chi connectivity index (χ3n) is 4.16. The van der Waals surface area contributed by atoms with Crippen molar-refractivity contribution >= 4 is 11.6 Å². The van der Waals surface area contributed by atoms with E-state index in [4.69, 9.17) is 17.3 Å². The van der Waals surface area contributed by atoms with Crippen LogP contribution in [0.1, 0.15) is 38.2 Å². The molecule has 106 valence electrons. The van der Waals surface area contributed by atoms with Crippen LogP contribution in [0, 0.1) is 5.92 Å². The first-order valence-electron chi connectivity index (χ1n) is 7.39. The molecule has 1 aromatic rings. The van der Waals surface area contributed by atoms with Gasteiger partial charge in [0.25, 0.3) is 0 Å². The van der Waals surface area contributed by atoms with Crippen molar-refractivity contribution in [2.24, 2.45) is 11.7 Å². The normalized spacial score (nSPS) is 19.5. The summed E-state index contributed by atoms with van der Waals surface area (Å²) in [5.41, 5.74) is 7.37. The minimum atomic E-state index is 0.393. The SMILES string of the molecule is CCC(N)CC1CCN(Cc2cccc(Cl)c2)CC1. The molecule has 0 aromatic heterocycles. The molecule has 1 heterocycles. The van der Waals surface area contributed by atoms with E-state index in [-0.39, 0.29) is 0 Å². The van der Waals surface area contributed by atoms with Gasteiger partial charge in [-0.15, -0.1) is 0 Å². The second-order valence-electron chi connectivity index (χ2n) is 5.75. The summed E-state index contributed by atoms with van der Waals surface area (Å²) in [4.78, 5) is 2.53. The van der Waals surface area contributed by atoms with Crippen molar-refractivity contribution in [3.8, 4) is 0 Å². The molecule has 2 N–H and O–H groups in total. The highest BCUT2D eigenvalue weighted by Crippen LogP contribution is 2.23. The Balaban J connectivity index is 1.77. The van der Waals surface area contributed by atoms with Crippen molar-refractivity contribution in [2.75, 3.05) is 13.1 Å². The van der Waals surface area contributed by atoms with Gasteiger partial charge in [-0.05, 0) is 62.4 Å². The van der Waals surface area contributed by atoms with Gasteiger partial charge in [0.1, 0.15) is 0 Å². The van der Waals surface area contributed by atoms with Crippen LogP contribution >= 0.6 is 11.6 Å². The van der Waals surface area contributed by atoms with Gasteiger partial charge in [0, 0.05) is 17.6 Å². The van der Waals surface area contributed by atoms with E-state index < -0.39 is 0 Å². The van der Waals surface area contributed by atoms with Crippen molar-refractivity contribution in [1.29, 1.82) is 0 Å². The third-order valence-corrected chi connectivity index (χ3v) is 4.40. The zero-order valence-electron chi connectivity index (χ0n) is 11.8. The van der Waals surface area contributed by atoms with Gasteiger partial charge in [0.15, 0.2) is 0 Å². The number of nitrogens with zero attached hydrogens (tertiary/aromatic N) is 1. The van der Waals surface area contributed by atoms with Crippen LogP contribution in [0.5, 0.6) is 0 Å². The van der Waals surface area contributed by atoms with E-state index in [9.17, 15) is 0 Å². The van der Waals surface area contributed by atoms with E-state index >= 15 is 0 Å². The fraction of sp³-hybridized carbons (Fsp3) is 0.625. The van der Waals surface area contributed by atoms with E-state index in [1.807, 2.05) is 12.1 Å². The molecule has 0 saturated carbocycles. The third kappa shape index (κ3) is 4.79. The summed E-state index contributed by atoms with van der Waals surface area (Å²) < 4.78 is 0. The van der Waals surface area contributed by atoms with E-state index in [0.29, 0.717) is 6.04 Å². The van der Waals surface area contributed by atoms with Gasteiger partial charge in [0.05, 0.1) is 0 Å². The maximum atomic E-state index is 6.05. The fourth-order valence-corrected chi connectivity index (χ4v) is 3.08. The molecule has 19 heavy (non-hydrogen) atoms. The lowest BCUT2D eigenvalue weighted by atomic mass is 9.89. The Morgan fingerprint density at radius 2 is 2.11 bits per heavy atom. The Morgan fingerprint density at radius 3 is 2.74 bits per heavy atom. The summed E-state index contributed by atoms with van der Waals surface area (Å²) in [6.07, 6.45) is 4.87. The van der Waals surface area contributed by atoms with Crippen LogP contribution in [0.4, 0.5) is 0 Å². The Labute approximate surface area is 121 Å². The highest BCUT2D eigenvalue weighted by Gasteiger charge is 2.20. The van der Waals surface area contributed by atoms with Gasteiger partial charge < -0.3 is 5.73 Å². The van der Waals surface area contributed by atoms with Crippen LogP contribution in [0.2, 0.25) is 5.02 Å². The molecule has 1 fully saturated rings. The minimum absolute atomic E-state index is 0.393. The van der Waals surface area contributed by atoms with Gasteiger partial charge in [0.2, 0.25) is 0 Å². The number of hydrogen-bond donors (Lipinski definition) is 1. The molecule has 0 aliphatic carbocycles. The van der Waals surface area contributed by atoms with Crippen molar-refractivity contribution in [2.45, 2.75) is 45.2 Å². The summed E-state index contributed by atoms with van der Waals surface area (Å²) >= 11 is 6.03. The number of rotatable bonds is 5. The maximum Gasteiger partial charge on any atom is 0.0409 e. The number of likely N-dealkylation sites (tertiary alicyclic amines) is 1. The van der Waals surface area contributed by atoms with Crippen molar-refractivity contribution in [3.63, 3.8) is 0 Å². The summed E-state index contributed by atoms with van der Waals surface area (Å²) in [7, 11) is 0. The van der Waals surface area contributed by atoms with Crippen molar-refractivity contribution in [1.82, 2.24) is 4.90 Å². The Morgan fingerprint density at radius 1 is 1.37 bits per heavy atom. The molecule has 1 atom stereocenters. The fourth-order valence-electron chi connectivity index (χ4n) is 2.87. The maximum absolute atomic E-state index is 6.05. The minimum Gasteiger partial charge on any atom is -0.328 e. The molecule has 2 rings (SSSR count). The lowest BCUT2D eigenvalue weighted by Gasteiger charge is -2.33. The molecule has 0 bridgehead atoms. The molecule has 0 spiro atoms. The zero-order chi connectivity index (χ0) is 13.7. The van der Waals surface area contributed by atoms with Crippen molar-refractivity contribution in [3.05, 3.63) is 34.9 Å². The largest absolute Gasteiger partial charge is 0.328 e. The summed E-state index contributed by atoms with van der Waals surface area (Å²) in [6, 6.07) is 8.59. The first-order chi connectivity index (χ1) is 9.17. The van der Waals surface area contributed by atoms with Crippen LogP contribution in [-0.4, -0.2) is 24.0 Å². The number of benzene rings is 1. The van der Waals surface area contributed by atoms with Crippen LogP contribution in [0.3, 0.4) is 0 Å². The van der Waals surface area contributed by atoms with Crippen LogP contribution in [-0.2, 0) is 6.54 Å². The van der Waals surface area contributed by atoms with E-state index in [2.05, 4.69) is 24.0 Å². The molecule has 1 unspecified atom stereocenters. The van der Waals surface area contributed by atoms with E-state index in [1.165, 1.54) is 37.9 Å². The molecule has 0 radical (unpaired) electrons. The molecular weight excluding hydrogens is 256 g/mol. The van der Waals surface area contributed by atoms with Crippen molar-refractivity contribution < 1.29 is 0 Å². The van der Waals surface area contributed by atoms with Crippen LogP contribution in [0.15, 0.2) is 24.3 Å². The van der Waals surface area contributed by atoms with Gasteiger partial charge >= 0.3 is 0 Å². The predicted molar refractivity (Wildman–Crippen MR) is 82.3 cm³/mol. The number of halogens is 1. The molecule has 1 saturated heterocycles. The first-order valence-corrected chi connectivity index (χ1v) is 7.77. The second-order valence-corrected chi connectivity index (χ2v) is 6.19. The highest BCUT2D eigenvalue weighted by molar-refractivity contribution is 6.30. The monoisotopic (exact) mass is 280 g/mol. The Kier molecular flexibility index (Phi) is 5.68. The van der Waals surface area contributed by atoms with Crippen LogP contribution < -0.4 is 5.73 Å². The number of hydrogen-bond acceptors (Lipinski definition) is 2. The number of nitrogens with two attached hydrogens (primary N) is 1. The van der Waals surface area contributed by atoms with E-state index in [1.54, 1.807) is 0 Å². The zero-order valence-corrected chi connectivity index (χ0v) is 12.6. The summed E-state index contributed by atoms with van der Waals surface area (Å²) in [5, 5.41) is 0.835. The molecule has 3 heteroatoms. The highest BCUT2D eigenvalue weighted by atomic mass is 35.5. The Bertz CT molecular complexity index is 386. The summed E-state index contributed by atoms with van der Waals surface area (Å²) in [6.45, 7) is 5.58. The average molecular weight is 281 g/mol. The second kappa shape index (κ2) is 7.28. The lowest BCUT2D eigenvalue weighted by molar-refractivity contribution is 0.167. The molecule has 1 aliphatic rings. The lowest BCUT2D eigenvalue weighted by Crippen LogP contribution is -2.35. The average Bonchev–Trinajstić information content (AvgIpc) is 2.41. The molecule has 2 nitrogen and oxygen atoms in total. The standard InChI is InChI=1S/C16H25ClN2/c1-2-16(18)11-13-6-8-19(9-7-13)12-14-4-3-5-15(17)10-14/h3-5,10,13,16H,2,6-9,11-12,18H2,1H3. The van der Waals surface area contributed by atoms with Gasteiger partial charge in [-0.1, -0.05) is 30.7 Å². The smallest absolute Gasteiger partial charge is 0.0409 e. The molecular formula is C16H25ClN2. The predicted octanol–water partition coefficient (Wildman–Crippen LogP) is 3.68. The molecule has 0 amide bonds.